The number of ether oxygens (including phenoxy) is 1. The molecule has 0 N–H and O–H groups in total. The lowest BCUT2D eigenvalue weighted by molar-refractivity contribution is -0.140. The summed E-state index contributed by atoms with van der Waals surface area (Å²) in [7, 11) is 0. The van der Waals surface area contributed by atoms with Crippen molar-refractivity contribution in [2.24, 2.45) is 0 Å². The zero-order valence-electron chi connectivity index (χ0n) is 14.1. The molecule has 0 saturated heterocycles. The number of anilines is 1. The molecule has 5 heteroatoms. The second-order valence-corrected chi connectivity index (χ2v) is 5.59. The van der Waals surface area contributed by atoms with Crippen LogP contribution in [0.5, 0.6) is 0 Å². The minimum absolute atomic E-state index is 0.0111. The van der Waals surface area contributed by atoms with E-state index in [9.17, 15) is 14.4 Å². The normalized spacial score (nSPS) is 14.9. The van der Waals surface area contributed by atoms with Crippen molar-refractivity contribution in [3.05, 3.63) is 53.6 Å². The summed E-state index contributed by atoms with van der Waals surface area (Å²) in [5.74, 6) is -0.826. The van der Waals surface area contributed by atoms with Gasteiger partial charge in [0.15, 0.2) is 6.10 Å². The Bertz CT molecular complexity index is 718. The van der Waals surface area contributed by atoms with Gasteiger partial charge in [-0.25, -0.2) is 4.79 Å². The summed E-state index contributed by atoms with van der Waals surface area (Å²) in [6.45, 7) is 5.54. The van der Waals surface area contributed by atoms with Crippen LogP contribution >= 0.6 is 0 Å². The van der Waals surface area contributed by atoms with Crippen LogP contribution < -0.4 is 4.90 Å². The lowest BCUT2D eigenvalue weighted by Crippen LogP contribution is -2.26. The van der Waals surface area contributed by atoms with Crippen molar-refractivity contribution >= 4 is 23.3 Å². The molecule has 1 aromatic rings. The van der Waals surface area contributed by atoms with Crippen LogP contribution in [0.4, 0.5) is 5.69 Å². The molecule has 0 fully saturated rings. The number of carbonyl (C=O) groups excluding carboxylic acids is 3. The van der Waals surface area contributed by atoms with Gasteiger partial charge in [-0.2, -0.15) is 0 Å². The van der Waals surface area contributed by atoms with Crippen molar-refractivity contribution in [3.8, 4) is 0 Å². The molecular weight excluding hydrogens is 306 g/mol. The molecule has 1 unspecified atom stereocenters. The van der Waals surface area contributed by atoms with E-state index in [1.54, 1.807) is 48.3 Å². The topological polar surface area (TPSA) is 63.7 Å². The Labute approximate surface area is 141 Å². The fourth-order valence-electron chi connectivity index (χ4n) is 2.63. The average Bonchev–Trinajstić information content (AvgIpc) is 2.97. The van der Waals surface area contributed by atoms with Crippen LogP contribution in [0.25, 0.3) is 0 Å². The van der Waals surface area contributed by atoms with Crippen LogP contribution in [-0.2, 0) is 20.7 Å². The number of fused-ring (bicyclic) bond motifs is 1. The molecule has 24 heavy (non-hydrogen) atoms. The molecule has 0 aromatic heterocycles. The van der Waals surface area contributed by atoms with E-state index in [4.69, 9.17) is 4.74 Å². The summed E-state index contributed by atoms with van der Waals surface area (Å²) in [5.41, 5.74) is 2.29. The molecule has 126 valence electrons. The molecule has 2 rings (SSSR count). The molecule has 1 aliphatic rings. The lowest BCUT2D eigenvalue weighted by atomic mass is 10.0. The molecule has 1 atom stereocenters. The van der Waals surface area contributed by atoms with Crippen LogP contribution in [0, 0.1) is 0 Å². The van der Waals surface area contributed by atoms with Crippen LogP contribution in [-0.4, -0.2) is 30.3 Å². The van der Waals surface area contributed by atoms with Crippen molar-refractivity contribution in [1.82, 2.24) is 0 Å². The van der Waals surface area contributed by atoms with Gasteiger partial charge in [0.2, 0.25) is 11.7 Å². The van der Waals surface area contributed by atoms with Crippen molar-refractivity contribution in [1.29, 1.82) is 0 Å². The second-order valence-electron chi connectivity index (χ2n) is 5.59. The highest BCUT2D eigenvalue weighted by Crippen LogP contribution is 2.29. The van der Waals surface area contributed by atoms with Crippen molar-refractivity contribution in [2.45, 2.75) is 33.3 Å². The minimum Gasteiger partial charge on any atom is -0.451 e. The molecule has 0 spiro atoms. The Morgan fingerprint density at radius 1 is 1.25 bits per heavy atom. The SMILES string of the molecule is C/C=C/C=C/C(=O)OC(C)C(=O)c1ccc2c(c1)CCN2C(C)=O. The van der Waals surface area contributed by atoms with Crippen LogP contribution in [0.2, 0.25) is 0 Å². The molecule has 0 saturated carbocycles. The molecule has 1 amide bonds. The van der Waals surface area contributed by atoms with Crippen LogP contribution in [0.3, 0.4) is 0 Å². The number of hydrogen-bond acceptors (Lipinski definition) is 4. The van der Waals surface area contributed by atoms with E-state index in [1.807, 2.05) is 6.92 Å². The fraction of sp³-hybridized carbons (Fsp3) is 0.316. The van der Waals surface area contributed by atoms with Gasteiger partial charge < -0.3 is 9.64 Å². The number of allylic oxidation sites excluding steroid dienone is 3. The van der Waals surface area contributed by atoms with E-state index in [2.05, 4.69) is 0 Å². The molecule has 0 aliphatic carbocycles. The quantitative estimate of drug-likeness (QED) is 0.361. The number of amides is 1. The average molecular weight is 327 g/mol. The summed E-state index contributed by atoms with van der Waals surface area (Å²) in [4.78, 5) is 37.3. The lowest BCUT2D eigenvalue weighted by Gasteiger charge is -2.15. The smallest absolute Gasteiger partial charge is 0.331 e. The molecular formula is C19H21NO4. The number of Topliss-reactive ketones (excluding diaryl/α,β-unsaturated/α-hetero) is 1. The Balaban J connectivity index is 2.08. The first-order valence-electron chi connectivity index (χ1n) is 7.89. The molecule has 5 nitrogen and oxygen atoms in total. The Kier molecular flexibility index (Phi) is 5.68. The maximum absolute atomic E-state index is 12.4. The van der Waals surface area contributed by atoms with Gasteiger partial charge in [-0.1, -0.05) is 18.2 Å². The monoisotopic (exact) mass is 327 g/mol. The van der Waals surface area contributed by atoms with Gasteiger partial charge >= 0.3 is 5.97 Å². The number of hydrogen-bond donors (Lipinski definition) is 0. The largest absolute Gasteiger partial charge is 0.451 e. The zero-order valence-corrected chi connectivity index (χ0v) is 14.1. The molecule has 1 aromatic carbocycles. The third kappa shape index (κ3) is 3.98. The third-order valence-corrected chi connectivity index (χ3v) is 3.84. The number of rotatable bonds is 5. The maximum Gasteiger partial charge on any atom is 0.331 e. The highest BCUT2D eigenvalue weighted by atomic mass is 16.5. The van der Waals surface area contributed by atoms with Gasteiger partial charge in [0.05, 0.1) is 0 Å². The first-order chi connectivity index (χ1) is 11.4. The Morgan fingerprint density at radius 3 is 2.67 bits per heavy atom. The van der Waals surface area contributed by atoms with E-state index in [-0.39, 0.29) is 11.7 Å². The zero-order chi connectivity index (χ0) is 17.7. The highest BCUT2D eigenvalue weighted by Gasteiger charge is 2.25. The summed E-state index contributed by atoms with van der Waals surface area (Å²) in [5, 5.41) is 0. The first kappa shape index (κ1) is 17.7. The predicted molar refractivity (Wildman–Crippen MR) is 92.0 cm³/mol. The van der Waals surface area contributed by atoms with E-state index >= 15 is 0 Å². The van der Waals surface area contributed by atoms with Crippen molar-refractivity contribution < 1.29 is 19.1 Å². The molecule has 0 radical (unpaired) electrons. The van der Waals surface area contributed by atoms with E-state index in [0.29, 0.717) is 12.1 Å². The van der Waals surface area contributed by atoms with Gasteiger partial charge in [-0.15, -0.1) is 0 Å². The number of benzene rings is 1. The molecule has 1 aliphatic heterocycles. The second kappa shape index (κ2) is 7.73. The summed E-state index contributed by atoms with van der Waals surface area (Å²) >= 11 is 0. The van der Waals surface area contributed by atoms with Crippen molar-refractivity contribution in [2.75, 3.05) is 11.4 Å². The standard InChI is InChI=1S/C19H21NO4/c1-4-5-6-7-18(22)24-13(2)19(23)16-8-9-17-15(12-16)10-11-20(17)14(3)21/h4-9,12-13H,10-11H2,1-3H3/b5-4+,7-6+. The summed E-state index contributed by atoms with van der Waals surface area (Å²) in [6.07, 6.45) is 6.18. The van der Waals surface area contributed by atoms with Gasteiger partial charge in [0.1, 0.15) is 0 Å². The van der Waals surface area contributed by atoms with Gasteiger partial charge in [-0.3, -0.25) is 9.59 Å². The third-order valence-electron chi connectivity index (χ3n) is 3.84. The number of ketones is 1. The number of esters is 1. The molecule has 0 bridgehead atoms. The first-order valence-corrected chi connectivity index (χ1v) is 7.89. The Hall–Kier alpha value is -2.69. The number of nitrogens with zero attached hydrogens (tertiary/aromatic N) is 1. The minimum atomic E-state index is -0.865. The van der Waals surface area contributed by atoms with E-state index < -0.39 is 12.1 Å². The van der Waals surface area contributed by atoms with Gasteiger partial charge in [0, 0.05) is 30.8 Å². The van der Waals surface area contributed by atoms with E-state index in [0.717, 1.165) is 17.7 Å². The van der Waals surface area contributed by atoms with Crippen LogP contribution in [0.1, 0.15) is 36.7 Å². The Morgan fingerprint density at radius 2 is 2.00 bits per heavy atom. The predicted octanol–water partition coefficient (Wildman–Crippen LogP) is 2.84. The van der Waals surface area contributed by atoms with E-state index in [1.165, 1.54) is 13.0 Å². The summed E-state index contributed by atoms with van der Waals surface area (Å²) < 4.78 is 5.12. The maximum atomic E-state index is 12.4. The van der Waals surface area contributed by atoms with Gasteiger partial charge in [-0.05, 0) is 44.0 Å². The van der Waals surface area contributed by atoms with Gasteiger partial charge in [0.25, 0.3) is 0 Å². The van der Waals surface area contributed by atoms with Crippen molar-refractivity contribution in [3.63, 3.8) is 0 Å². The van der Waals surface area contributed by atoms with Crippen LogP contribution in [0.15, 0.2) is 42.5 Å². The summed E-state index contributed by atoms with van der Waals surface area (Å²) in [6, 6.07) is 5.22. The highest BCUT2D eigenvalue weighted by molar-refractivity contribution is 6.02. The fourth-order valence-corrected chi connectivity index (χ4v) is 2.63. The number of carbonyl (C=O) groups is 3. The molecule has 1 heterocycles.